The Hall–Kier alpha value is -3.71. The Morgan fingerprint density at radius 1 is 1.03 bits per heavy atom. The van der Waals surface area contributed by atoms with E-state index >= 15 is 0 Å². The molecule has 7 heteroatoms. The Kier molecular flexibility index (Phi) is 5.95. The Bertz CT molecular complexity index is 1290. The highest BCUT2D eigenvalue weighted by Crippen LogP contribution is 2.25. The fourth-order valence-corrected chi connectivity index (χ4v) is 3.83. The van der Waals surface area contributed by atoms with Crippen molar-refractivity contribution in [3.8, 4) is 17.1 Å². The van der Waals surface area contributed by atoms with E-state index in [2.05, 4.69) is 5.32 Å². The highest BCUT2D eigenvalue weighted by molar-refractivity contribution is 7.12. The number of Topliss-reactive ketones (excluding diaryl/α,β-unsaturated/α-hetero) is 1. The Morgan fingerprint density at radius 2 is 1.84 bits per heavy atom. The Labute approximate surface area is 182 Å². The molecule has 156 valence electrons. The molecule has 1 amide bonds. The number of carbonyl (C=O) groups is 2. The average Bonchev–Trinajstić information content (AvgIpc) is 3.33. The SMILES string of the molecule is COc1ccc2oc(-c3ccc(NC(=O)CCC(=O)c4cccs4)cc3)cc(=O)c2c1. The van der Waals surface area contributed by atoms with Gasteiger partial charge in [-0.15, -0.1) is 11.3 Å². The van der Waals surface area contributed by atoms with E-state index in [4.69, 9.17) is 9.15 Å². The molecule has 0 unspecified atom stereocenters. The van der Waals surface area contributed by atoms with Crippen LogP contribution in [-0.2, 0) is 4.79 Å². The first-order valence-electron chi connectivity index (χ1n) is 9.62. The van der Waals surface area contributed by atoms with Gasteiger partial charge < -0.3 is 14.5 Å². The van der Waals surface area contributed by atoms with Crippen molar-refractivity contribution in [3.05, 3.63) is 81.1 Å². The van der Waals surface area contributed by atoms with Crippen LogP contribution < -0.4 is 15.5 Å². The average molecular weight is 433 g/mol. The summed E-state index contributed by atoms with van der Waals surface area (Å²) in [6.45, 7) is 0. The lowest BCUT2D eigenvalue weighted by molar-refractivity contribution is -0.116. The van der Waals surface area contributed by atoms with Crippen LogP contribution in [0, 0.1) is 0 Å². The first-order chi connectivity index (χ1) is 15.0. The number of ketones is 1. The first-order valence-corrected chi connectivity index (χ1v) is 10.5. The molecule has 1 N–H and O–H groups in total. The monoisotopic (exact) mass is 433 g/mol. The molecule has 0 aliphatic carbocycles. The summed E-state index contributed by atoms with van der Waals surface area (Å²) in [5.41, 5.74) is 1.62. The largest absolute Gasteiger partial charge is 0.497 e. The number of carbonyl (C=O) groups excluding carboxylic acids is 2. The van der Waals surface area contributed by atoms with Crippen LogP contribution in [0.1, 0.15) is 22.5 Å². The van der Waals surface area contributed by atoms with Gasteiger partial charge in [0.25, 0.3) is 0 Å². The van der Waals surface area contributed by atoms with Crippen LogP contribution in [0.2, 0.25) is 0 Å². The number of thiophene rings is 1. The summed E-state index contributed by atoms with van der Waals surface area (Å²) in [6.07, 6.45) is 0.277. The molecule has 2 heterocycles. The molecule has 0 fully saturated rings. The lowest BCUT2D eigenvalue weighted by Crippen LogP contribution is -2.13. The van der Waals surface area contributed by atoms with Gasteiger partial charge in [0.2, 0.25) is 5.91 Å². The molecule has 4 aromatic rings. The number of rotatable bonds is 7. The van der Waals surface area contributed by atoms with Gasteiger partial charge >= 0.3 is 0 Å². The van der Waals surface area contributed by atoms with Crippen molar-refractivity contribution in [2.45, 2.75) is 12.8 Å². The van der Waals surface area contributed by atoms with Crippen molar-refractivity contribution >= 4 is 39.7 Å². The van der Waals surface area contributed by atoms with Crippen LogP contribution >= 0.6 is 11.3 Å². The molecular weight excluding hydrogens is 414 g/mol. The van der Waals surface area contributed by atoms with Gasteiger partial charge in [-0.1, -0.05) is 6.07 Å². The first kappa shape index (κ1) is 20.6. The van der Waals surface area contributed by atoms with Crippen molar-refractivity contribution in [3.63, 3.8) is 0 Å². The number of ether oxygens (including phenoxy) is 1. The molecule has 6 nitrogen and oxygen atoms in total. The van der Waals surface area contributed by atoms with Gasteiger partial charge in [0.05, 0.1) is 17.4 Å². The second kappa shape index (κ2) is 8.97. The summed E-state index contributed by atoms with van der Waals surface area (Å²) in [4.78, 5) is 37.3. The number of amides is 1. The minimum Gasteiger partial charge on any atom is -0.497 e. The molecule has 0 radical (unpaired) electrons. The van der Waals surface area contributed by atoms with Gasteiger partial charge in [0, 0.05) is 30.2 Å². The number of hydrogen-bond acceptors (Lipinski definition) is 6. The van der Waals surface area contributed by atoms with E-state index in [1.54, 1.807) is 55.6 Å². The Balaban J connectivity index is 1.43. The van der Waals surface area contributed by atoms with Crippen LogP contribution in [-0.4, -0.2) is 18.8 Å². The maximum atomic E-state index is 12.5. The van der Waals surface area contributed by atoms with Crippen LogP contribution in [0.3, 0.4) is 0 Å². The van der Waals surface area contributed by atoms with Crippen molar-refractivity contribution in [2.75, 3.05) is 12.4 Å². The minimum absolute atomic E-state index is 0.0375. The summed E-state index contributed by atoms with van der Waals surface area (Å²) in [5, 5.41) is 5.07. The van der Waals surface area contributed by atoms with Crippen molar-refractivity contribution in [1.82, 2.24) is 0 Å². The molecule has 31 heavy (non-hydrogen) atoms. The minimum atomic E-state index is -0.233. The second-order valence-corrected chi connectivity index (χ2v) is 7.81. The van der Waals surface area contributed by atoms with E-state index in [1.165, 1.54) is 17.4 Å². The number of hydrogen-bond donors (Lipinski definition) is 1. The molecular formula is C24H19NO5S. The van der Waals surface area contributed by atoms with E-state index in [9.17, 15) is 14.4 Å². The fourth-order valence-electron chi connectivity index (χ4n) is 3.13. The normalized spacial score (nSPS) is 10.7. The zero-order valence-corrected chi connectivity index (χ0v) is 17.5. The van der Waals surface area contributed by atoms with Crippen LogP contribution in [0.5, 0.6) is 5.75 Å². The van der Waals surface area contributed by atoms with Gasteiger partial charge in [-0.05, 0) is 53.9 Å². The van der Waals surface area contributed by atoms with Gasteiger partial charge in [0.15, 0.2) is 11.2 Å². The molecule has 0 aliphatic rings. The maximum absolute atomic E-state index is 12.5. The number of fused-ring (bicyclic) bond motifs is 1. The summed E-state index contributed by atoms with van der Waals surface area (Å²) in [7, 11) is 1.54. The summed E-state index contributed by atoms with van der Waals surface area (Å²) in [6, 6.07) is 17.1. The zero-order chi connectivity index (χ0) is 21.8. The van der Waals surface area contributed by atoms with Gasteiger partial charge in [-0.25, -0.2) is 0 Å². The third-order valence-electron chi connectivity index (χ3n) is 4.76. The number of methoxy groups -OCH3 is 1. The topological polar surface area (TPSA) is 85.6 Å². The van der Waals surface area contributed by atoms with E-state index < -0.39 is 0 Å². The second-order valence-electron chi connectivity index (χ2n) is 6.86. The van der Waals surface area contributed by atoms with E-state index in [0.717, 1.165) is 0 Å². The molecule has 0 bridgehead atoms. The van der Waals surface area contributed by atoms with E-state index in [0.29, 0.717) is 38.6 Å². The number of anilines is 1. The molecule has 0 aliphatic heterocycles. The molecule has 0 atom stereocenters. The highest BCUT2D eigenvalue weighted by Gasteiger charge is 2.11. The van der Waals surface area contributed by atoms with Crippen molar-refractivity contribution in [1.29, 1.82) is 0 Å². The van der Waals surface area contributed by atoms with E-state index in [1.807, 2.05) is 11.4 Å². The lowest BCUT2D eigenvalue weighted by atomic mass is 10.1. The highest BCUT2D eigenvalue weighted by atomic mass is 32.1. The zero-order valence-electron chi connectivity index (χ0n) is 16.7. The summed E-state index contributed by atoms with van der Waals surface area (Å²) < 4.78 is 11.0. The lowest BCUT2D eigenvalue weighted by Gasteiger charge is -2.07. The van der Waals surface area contributed by atoms with Crippen LogP contribution in [0.4, 0.5) is 5.69 Å². The molecule has 0 saturated heterocycles. The Morgan fingerprint density at radius 3 is 2.55 bits per heavy atom. The smallest absolute Gasteiger partial charge is 0.224 e. The van der Waals surface area contributed by atoms with Crippen molar-refractivity contribution in [2.24, 2.45) is 0 Å². The van der Waals surface area contributed by atoms with Gasteiger partial charge in [0.1, 0.15) is 17.1 Å². The number of benzene rings is 2. The summed E-state index contributed by atoms with van der Waals surface area (Å²) in [5.74, 6) is 0.750. The maximum Gasteiger partial charge on any atom is 0.224 e. The molecule has 2 aromatic heterocycles. The van der Waals surface area contributed by atoms with Crippen LogP contribution in [0.25, 0.3) is 22.3 Å². The standard InChI is InChI=1S/C24H19NO5S/c1-29-17-8-10-21-18(13-17)20(27)14-22(30-21)15-4-6-16(7-5-15)25-24(28)11-9-19(26)23-3-2-12-31-23/h2-8,10,12-14H,9,11H2,1H3,(H,25,28). The predicted octanol–water partition coefficient (Wildman–Crippen LogP) is 5.13. The third-order valence-corrected chi connectivity index (χ3v) is 5.67. The van der Waals surface area contributed by atoms with Crippen LogP contribution in [0.15, 0.2) is 75.3 Å². The number of nitrogens with one attached hydrogen (secondary N) is 1. The molecule has 2 aromatic carbocycles. The third kappa shape index (κ3) is 4.73. The van der Waals surface area contributed by atoms with Crippen molar-refractivity contribution < 1.29 is 18.7 Å². The molecule has 0 spiro atoms. The van der Waals surface area contributed by atoms with Gasteiger partial charge in [-0.2, -0.15) is 0 Å². The fraction of sp³-hybridized carbons (Fsp3) is 0.125. The van der Waals surface area contributed by atoms with E-state index in [-0.39, 0.29) is 30.0 Å². The van der Waals surface area contributed by atoms with Gasteiger partial charge in [-0.3, -0.25) is 14.4 Å². The molecule has 4 rings (SSSR count). The quantitative estimate of drug-likeness (QED) is 0.408. The molecule has 0 saturated carbocycles. The summed E-state index contributed by atoms with van der Waals surface area (Å²) >= 11 is 1.37. The predicted molar refractivity (Wildman–Crippen MR) is 121 cm³/mol.